The van der Waals surface area contributed by atoms with E-state index in [0.29, 0.717) is 24.3 Å². The summed E-state index contributed by atoms with van der Waals surface area (Å²) in [5.74, 6) is -0.178. The highest BCUT2D eigenvalue weighted by molar-refractivity contribution is 5.90. The first kappa shape index (κ1) is 18.3. The van der Waals surface area contributed by atoms with E-state index in [1.165, 1.54) is 6.07 Å². The minimum Gasteiger partial charge on any atom is -0.334 e. The number of nitrogens with one attached hydrogen (secondary N) is 2. The predicted octanol–water partition coefficient (Wildman–Crippen LogP) is 3.62. The molecule has 1 aromatic carbocycles. The van der Waals surface area contributed by atoms with Crippen molar-refractivity contribution in [1.29, 1.82) is 0 Å². The van der Waals surface area contributed by atoms with Crippen LogP contribution < -0.4 is 10.6 Å². The molecular formula is C20H25FN4O. The van der Waals surface area contributed by atoms with E-state index in [4.69, 9.17) is 0 Å². The summed E-state index contributed by atoms with van der Waals surface area (Å²) in [6.45, 7) is 5.98. The van der Waals surface area contributed by atoms with Crippen molar-refractivity contribution in [2.24, 2.45) is 0 Å². The van der Waals surface area contributed by atoms with E-state index in [1.54, 1.807) is 6.07 Å². The van der Waals surface area contributed by atoms with Crippen LogP contribution >= 0.6 is 0 Å². The zero-order chi connectivity index (χ0) is 18.5. The van der Waals surface area contributed by atoms with Crippen molar-refractivity contribution in [3.8, 4) is 0 Å². The molecule has 2 amide bonds. The molecule has 5 nitrogen and oxygen atoms in total. The molecule has 6 heteroatoms. The van der Waals surface area contributed by atoms with Gasteiger partial charge in [-0.05, 0) is 51.4 Å². The van der Waals surface area contributed by atoms with Crippen molar-refractivity contribution in [2.45, 2.75) is 39.3 Å². The molecule has 1 aromatic heterocycles. The second-order valence-corrected chi connectivity index (χ2v) is 6.85. The Balaban J connectivity index is 1.54. The zero-order valence-corrected chi connectivity index (χ0v) is 15.3. The Morgan fingerprint density at radius 3 is 2.85 bits per heavy atom. The molecule has 0 spiro atoms. The number of halogens is 1. The van der Waals surface area contributed by atoms with E-state index >= 15 is 0 Å². The highest BCUT2D eigenvalue weighted by Gasteiger charge is 2.22. The number of aryl methyl sites for hydroxylation is 2. The summed E-state index contributed by atoms with van der Waals surface area (Å²) < 4.78 is 13.8. The molecule has 0 aliphatic carbocycles. The number of pyridine rings is 1. The lowest BCUT2D eigenvalue weighted by Gasteiger charge is -2.33. The fraction of sp³-hybridized carbons (Fsp3) is 0.400. The van der Waals surface area contributed by atoms with Crippen molar-refractivity contribution in [2.75, 3.05) is 18.4 Å². The third kappa shape index (κ3) is 4.79. The number of hydrogen-bond acceptors (Lipinski definition) is 3. The number of aromatic nitrogens is 1. The second-order valence-electron chi connectivity index (χ2n) is 6.85. The third-order valence-corrected chi connectivity index (χ3v) is 4.67. The maximum absolute atomic E-state index is 13.8. The summed E-state index contributed by atoms with van der Waals surface area (Å²) in [7, 11) is 0. The van der Waals surface area contributed by atoms with E-state index < -0.39 is 0 Å². The van der Waals surface area contributed by atoms with Crippen molar-refractivity contribution in [3.63, 3.8) is 0 Å². The van der Waals surface area contributed by atoms with E-state index in [1.807, 2.05) is 38.1 Å². The lowest BCUT2D eigenvalue weighted by atomic mass is 10.0. The molecule has 26 heavy (non-hydrogen) atoms. The van der Waals surface area contributed by atoms with Gasteiger partial charge in [0.05, 0.1) is 11.4 Å². The molecule has 138 valence electrons. The highest BCUT2D eigenvalue weighted by Crippen LogP contribution is 2.17. The van der Waals surface area contributed by atoms with Gasteiger partial charge in [0.2, 0.25) is 0 Å². The molecule has 2 N–H and O–H groups in total. The molecule has 0 bridgehead atoms. The van der Waals surface area contributed by atoms with Gasteiger partial charge in [0.1, 0.15) is 5.82 Å². The lowest BCUT2D eigenvalue weighted by molar-refractivity contribution is 0.181. The van der Waals surface area contributed by atoms with E-state index in [2.05, 4.69) is 20.5 Å². The topological polar surface area (TPSA) is 57.3 Å². The molecule has 1 saturated heterocycles. The average molecular weight is 356 g/mol. The number of urea groups is 1. The maximum Gasteiger partial charge on any atom is 0.319 e. The first-order valence-corrected chi connectivity index (χ1v) is 8.99. The highest BCUT2D eigenvalue weighted by atomic mass is 19.1. The fourth-order valence-electron chi connectivity index (χ4n) is 3.35. The number of piperidine rings is 1. The van der Waals surface area contributed by atoms with Gasteiger partial charge < -0.3 is 10.6 Å². The van der Waals surface area contributed by atoms with Crippen molar-refractivity contribution < 1.29 is 9.18 Å². The number of likely N-dealkylation sites (tertiary alicyclic amines) is 1. The van der Waals surface area contributed by atoms with Gasteiger partial charge in [-0.25, -0.2) is 9.18 Å². The van der Waals surface area contributed by atoms with Crippen molar-refractivity contribution >= 4 is 11.7 Å². The summed E-state index contributed by atoms with van der Waals surface area (Å²) in [5, 5.41) is 5.89. The second kappa shape index (κ2) is 8.27. The molecular weight excluding hydrogens is 331 g/mol. The molecule has 0 radical (unpaired) electrons. The summed E-state index contributed by atoms with van der Waals surface area (Å²) in [5.41, 5.74) is 3.13. The van der Waals surface area contributed by atoms with Gasteiger partial charge >= 0.3 is 6.03 Å². The Kier molecular flexibility index (Phi) is 5.83. The molecule has 0 saturated carbocycles. The van der Waals surface area contributed by atoms with Crippen LogP contribution in [-0.2, 0) is 6.54 Å². The Morgan fingerprint density at radius 2 is 2.08 bits per heavy atom. The van der Waals surface area contributed by atoms with Gasteiger partial charge in [-0.1, -0.05) is 18.2 Å². The number of hydrogen-bond donors (Lipinski definition) is 2. The molecule has 0 unspecified atom stereocenters. The molecule has 2 aromatic rings. The summed E-state index contributed by atoms with van der Waals surface area (Å²) in [4.78, 5) is 18.8. The monoisotopic (exact) mass is 356 g/mol. The van der Waals surface area contributed by atoms with Gasteiger partial charge in [-0.3, -0.25) is 9.88 Å². The largest absolute Gasteiger partial charge is 0.334 e. The van der Waals surface area contributed by atoms with Crippen molar-refractivity contribution in [3.05, 3.63) is 59.2 Å². The van der Waals surface area contributed by atoms with Gasteiger partial charge in [0.15, 0.2) is 0 Å². The number of benzene rings is 1. The first-order chi connectivity index (χ1) is 12.5. The molecule has 1 atom stereocenters. The zero-order valence-electron chi connectivity index (χ0n) is 15.3. The van der Waals surface area contributed by atoms with Crippen LogP contribution in [0.3, 0.4) is 0 Å². The fourth-order valence-corrected chi connectivity index (χ4v) is 3.35. The van der Waals surface area contributed by atoms with Gasteiger partial charge in [-0.15, -0.1) is 0 Å². The minimum absolute atomic E-state index is 0.0502. The van der Waals surface area contributed by atoms with Crippen LogP contribution in [0.15, 0.2) is 36.4 Å². The van der Waals surface area contributed by atoms with Gasteiger partial charge in [-0.2, -0.15) is 0 Å². The molecule has 1 aliphatic rings. The average Bonchev–Trinajstić information content (AvgIpc) is 2.60. The lowest BCUT2D eigenvalue weighted by Crippen LogP contribution is -2.48. The maximum atomic E-state index is 13.8. The van der Waals surface area contributed by atoms with E-state index in [-0.39, 0.29) is 17.9 Å². The Hall–Kier alpha value is -2.47. The van der Waals surface area contributed by atoms with E-state index in [9.17, 15) is 9.18 Å². The Bertz CT molecular complexity index is 780. The van der Waals surface area contributed by atoms with Crippen molar-refractivity contribution in [1.82, 2.24) is 15.2 Å². The summed E-state index contributed by atoms with van der Waals surface area (Å²) >= 11 is 0. The standard InChI is InChI=1S/C20H25FN4O/c1-14-9-10-19(15(2)22-14)24-20(26)23-17-7-5-11-25(13-17)12-16-6-3-4-8-18(16)21/h3-4,6,8-10,17H,5,7,11-13H2,1-2H3,(H2,23,24,26)/t17-/m0/s1. The number of anilines is 1. The van der Waals surface area contributed by atoms with Crippen LogP contribution in [0.25, 0.3) is 0 Å². The molecule has 1 fully saturated rings. The SMILES string of the molecule is Cc1ccc(NC(=O)N[C@H]2CCCN(Cc3ccccc3F)C2)c(C)n1. The van der Waals surface area contributed by atoms with Crippen LogP contribution in [0.5, 0.6) is 0 Å². The molecule has 2 heterocycles. The Morgan fingerprint density at radius 1 is 1.27 bits per heavy atom. The first-order valence-electron chi connectivity index (χ1n) is 8.99. The number of nitrogens with zero attached hydrogens (tertiary/aromatic N) is 2. The minimum atomic E-state index is -0.225. The van der Waals surface area contributed by atoms with Crippen LogP contribution in [0.2, 0.25) is 0 Å². The molecule has 3 rings (SSSR count). The van der Waals surface area contributed by atoms with Gasteiger partial charge in [0.25, 0.3) is 0 Å². The Labute approximate surface area is 153 Å². The predicted molar refractivity (Wildman–Crippen MR) is 101 cm³/mol. The third-order valence-electron chi connectivity index (χ3n) is 4.67. The van der Waals surface area contributed by atoms with Crippen LogP contribution in [0, 0.1) is 19.7 Å². The summed E-state index contributed by atoms with van der Waals surface area (Å²) in [6.07, 6.45) is 1.90. The van der Waals surface area contributed by atoms with Crippen LogP contribution in [0.1, 0.15) is 29.8 Å². The number of carbonyl (C=O) groups excluding carboxylic acids is 1. The number of rotatable bonds is 4. The quantitative estimate of drug-likeness (QED) is 0.880. The van der Waals surface area contributed by atoms with Crippen LogP contribution in [-0.4, -0.2) is 35.0 Å². The summed E-state index contributed by atoms with van der Waals surface area (Å²) in [6, 6.07) is 10.4. The van der Waals surface area contributed by atoms with Gasteiger partial charge in [0, 0.05) is 30.4 Å². The smallest absolute Gasteiger partial charge is 0.319 e. The van der Waals surface area contributed by atoms with E-state index in [0.717, 1.165) is 30.8 Å². The molecule has 1 aliphatic heterocycles. The number of carbonyl (C=O) groups is 1. The number of amides is 2. The normalized spacial score (nSPS) is 17.7. The van der Waals surface area contributed by atoms with Crippen LogP contribution in [0.4, 0.5) is 14.9 Å².